The number of rotatable bonds is 5. The van der Waals surface area contributed by atoms with Crippen LogP contribution in [0.25, 0.3) is 0 Å². The van der Waals surface area contributed by atoms with Crippen molar-refractivity contribution in [1.29, 1.82) is 0 Å². The van der Waals surface area contributed by atoms with Gasteiger partial charge in [-0.05, 0) is 61.5 Å². The molecule has 0 radical (unpaired) electrons. The topological polar surface area (TPSA) is 59.6 Å². The lowest BCUT2D eigenvalue weighted by Gasteiger charge is -2.13. The van der Waals surface area contributed by atoms with E-state index in [0.29, 0.717) is 12.2 Å². The van der Waals surface area contributed by atoms with Crippen LogP contribution in [0, 0.1) is 0 Å². The van der Waals surface area contributed by atoms with Crippen molar-refractivity contribution in [2.24, 2.45) is 0 Å². The molecule has 2 aromatic carbocycles. The highest BCUT2D eigenvalue weighted by Crippen LogP contribution is 2.18. The Balaban J connectivity index is 1.47. The summed E-state index contributed by atoms with van der Waals surface area (Å²) in [6.45, 7) is 1.39. The molecule has 2 N–H and O–H groups in total. The summed E-state index contributed by atoms with van der Waals surface area (Å²) in [4.78, 5) is 12.0. The maximum atomic E-state index is 12.0. The van der Waals surface area contributed by atoms with Gasteiger partial charge in [-0.2, -0.15) is 0 Å². The Labute approximate surface area is 152 Å². The highest BCUT2D eigenvalue weighted by molar-refractivity contribution is 7.80. The molecule has 5 nitrogen and oxygen atoms in total. The largest absolute Gasteiger partial charge is 0.491 e. The third-order valence-electron chi connectivity index (χ3n) is 3.84. The molecule has 1 fully saturated rings. The first-order valence-electron chi connectivity index (χ1n) is 8.22. The Morgan fingerprint density at radius 3 is 2.60 bits per heavy atom. The zero-order valence-corrected chi connectivity index (χ0v) is 14.6. The zero-order valence-electron chi connectivity index (χ0n) is 13.7. The van der Waals surface area contributed by atoms with Gasteiger partial charge in [-0.25, -0.2) is 0 Å². The molecular weight excluding hydrogens is 336 g/mol. The minimum atomic E-state index is -0.241. The van der Waals surface area contributed by atoms with Gasteiger partial charge in [0.15, 0.2) is 5.11 Å². The second kappa shape index (κ2) is 8.60. The van der Waals surface area contributed by atoms with E-state index in [2.05, 4.69) is 10.6 Å². The standard InChI is InChI=1S/C19H20N2O3S/c22-18(14-5-2-1-3-6-14)21-19(25)20-15-8-10-16(11-9-15)24-13-17-7-4-12-23-17/h1-3,5-6,8-11,17H,4,7,12-13H2,(H2,20,21,22,25). The number of carbonyl (C=O) groups excluding carboxylic acids is 1. The average molecular weight is 356 g/mol. The Kier molecular flexibility index (Phi) is 5.98. The molecule has 25 heavy (non-hydrogen) atoms. The van der Waals surface area contributed by atoms with E-state index in [1.807, 2.05) is 30.3 Å². The minimum absolute atomic E-state index is 0.193. The SMILES string of the molecule is O=C(NC(=S)Nc1ccc(OCC2CCCO2)cc1)c1ccccc1. The molecule has 1 saturated heterocycles. The van der Waals surface area contributed by atoms with Crippen LogP contribution in [0.5, 0.6) is 5.75 Å². The molecule has 1 amide bonds. The van der Waals surface area contributed by atoms with E-state index < -0.39 is 0 Å². The minimum Gasteiger partial charge on any atom is -0.491 e. The van der Waals surface area contributed by atoms with Crippen molar-refractivity contribution in [3.8, 4) is 5.75 Å². The third-order valence-corrected chi connectivity index (χ3v) is 4.04. The average Bonchev–Trinajstić information content (AvgIpc) is 3.15. The predicted octanol–water partition coefficient (Wildman–Crippen LogP) is 3.37. The summed E-state index contributed by atoms with van der Waals surface area (Å²) in [5.41, 5.74) is 1.34. The summed E-state index contributed by atoms with van der Waals surface area (Å²) >= 11 is 5.18. The van der Waals surface area contributed by atoms with Gasteiger partial charge in [-0.15, -0.1) is 0 Å². The highest BCUT2D eigenvalue weighted by Gasteiger charge is 2.15. The van der Waals surface area contributed by atoms with Crippen LogP contribution in [0.2, 0.25) is 0 Å². The van der Waals surface area contributed by atoms with E-state index in [0.717, 1.165) is 30.9 Å². The summed E-state index contributed by atoms with van der Waals surface area (Å²) in [5, 5.41) is 5.89. The zero-order chi connectivity index (χ0) is 17.5. The summed E-state index contributed by atoms with van der Waals surface area (Å²) in [6.07, 6.45) is 2.34. The molecule has 1 heterocycles. The lowest BCUT2D eigenvalue weighted by molar-refractivity contribution is 0.0679. The number of hydrogen-bond acceptors (Lipinski definition) is 4. The Morgan fingerprint density at radius 2 is 1.92 bits per heavy atom. The Morgan fingerprint density at radius 1 is 1.16 bits per heavy atom. The van der Waals surface area contributed by atoms with Gasteiger partial charge < -0.3 is 14.8 Å². The van der Waals surface area contributed by atoms with E-state index in [1.54, 1.807) is 24.3 Å². The van der Waals surface area contributed by atoms with Gasteiger partial charge in [0.25, 0.3) is 5.91 Å². The fourth-order valence-corrected chi connectivity index (χ4v) is 2.74. The van der Waals surface area contributed by atoms with Crippen LogP contribution in [0.4, 0.5) is 5.69 Å². The maximum absolute atomic E-state index is 12.0. The van der Waals surface area contributed by atoms with Crippen LogP contribution >= 0.6 is 12.2 Å². The first kappa shape index (κ1) is 17.4. The summed E-state index contributed by atoms with van der Waals surface area (Å²) in [5.74, 6) is 0.537. The number of anilines is 1. The molecule has 2 aromatic rings. The molecular formula is C19H20N2O3S. The second-order valence-electron chi connectivity index (χ2n) is 5.74. The molecule has 1 aliphatic heterocycles. The quantitative estimate of drug-likeness (QED) is 0.805. The van der Waals surface area contributed by atoms with E-state index in [-0.39, 0.29) is 17.1 Å². The van der Waals surface area contributed by atoms with E-state index in [9.17, 15) is 4.79 Å². The lowest BCUT2D eigenvalue weighted by Crippen LogP contribution is -2.34. The predicted molar refractivity (Wildman–Crippen MR) is 101 cm³/mol. The molecule has 0 aromatic heterocycles. The number of amides is 1. The van der Waals surface area contributed by atoms with Crippen molar-refractivity contribution < 1.29 is 14.3 Å². The van der Waals surface area contributed by atoms with Crippen molar-refractivity contribution in [1.82, 2.24) is 5.32 Å². The summed E-state index contributed by atoms with van der Waals surface area (Å²) < 4.78 is 11.2. The van der Waals surface area contributed by atoms with Crippen molar-refractivity contribution >= 4 is 28.9 Å². The second-order valence-corrected chi connectivity index (χ2v) is 6.15. The molecule has 1 aliphatic rings. The molecule has 0 bridgehead atoms. The monoisotopic (exact) mass is 356 g/mol. The normalized spacial score (nSPS) is 16.2. The van der Waals surface area contributed by atoms with Crippen LogP contribution in [-0.2, 0) is 4.74 Å². The van der Waals surface area contributed by atoms with Gasteiger partial charge in [0, 0.05) is 17.9 Å². The smallest absolute Gasteiger partial charge is 0.257 e. The number of hydrogen-bond donors (Lipinski definition) is 2. The fraction of sp³-hybridized carbons (Fsp3) is 0.263. The molecule has 130 valence electrons. The number of carbonyl (C=O) groups is 1. The number of thiocarbonyl (C=S) groups is 1. The van der Waals surface area contributed by atoms with Crippen LogP contribution < -0.4 is 15.4 Å². The van der Waals surface area contributed by atoms with E-state index >= 15 is 0 Å². The van der Waals surface area contributed by atoms with E-state index in [1.165, 1.54) is 0 Å². The van der Waals surface area contributed by atoms with Crippen molar-refractivity contribution in [2.45, 2.75) is 18.9 Å². The molecule has 0 aliphatic carbocycles. The van der Waals surface area contributed by atoms with Crippen molar-refractivity contribution in [3.05, 3.63) is 60.2 Å². The van der Waals surface area contributed by atoms with Crippen LogP contribution in [-0.4, -0.2) is 30.3 Å². The van der Waals surface area contributed by atoms with Crippen molar-refractivity contribution in [2.75, 3.05) is 18.5 Å². The molecule has 1 atom stereocenters. The molecule has 0 saturated carbocycles. The van der Waals surface area contributed by atoms with Gasteiger partial charge >= 0.3 is 0 Å². The number of ether oxygens (including phenoxy) is 2. The van der Waals surface area contributed by atoms with Gasteiger partial charge in [0.2, 0.25) is 0 Å². The maximum Gasteiger partial charge on any atom is 0.257 e. The first-order chi connectivity index (χ1) is 12.2. The van der Waals surface area contributed by atoms with Crippen LogP contribution in [0.1, 0.15) is 23.2 Å². The third kappa shape index (κ3) is 5.27. The van der Waals surface area contributed by atoms with Crippen LogP contribution in [0.15, 0.2) is 54.6 Å². The molecule has 3 rings (SSSR count). The Hall–Kier alpha value is -2.44. The molecule has 1 unspecified atom stereocenters. The Bertz CT molecular complexity index is 713. The van der Waals surface area contributed by atoms with Gasteiger partial charge in [-0.1, -0.05) is 18.2 Å². The van der Waals surface area contributed by atoms with Gasteiger partial charge in [0.05, 0.1) is 6.10 Å². The fourth-order valence-electron chi connectivity index (χ4n) is 2.53. The number of nitrogens with one attached hydrogen (secondary N) is 2. The van der Waals surface area contributed by atoms with Crippen LogP contribution in [0.3, 0.4) is 0 Å². The number of benzene rings is 2. The first-order valence-corrected chi connectivity index (χ1v) is 8.63. The van der Waals surface area contributed by atoms with Crippen molar-refractivity contribution in [3.63, 3.8) is 0 Å². The lowest BCUT2D eigenvalue weighted by atomic mass is 10.2. The van der Waals surface area contributed by atoms with Gasteiger partial charge in [-0.3, -0.25) is 10.1 Å². The van der Waals surface area contributed by atoms with E-state index in [4.69, 9.17) is 21.7 Å². The van der Waals surface area contributed by atoms with Gasteiger partial charge in [0.1, 0.15) is 12.4 Å². The molecule has 0 spiro atoms. The summed E-state index contributed by atoms with van der Waals surface area (Å²) in [6, 6.07) is 16.4. The molecule has 6 heteroatoms. The summed E-state index contributed by atoms with van der Waals surface area (Å²) in [7, 11) is 0. The highest BCUT2D eigenvalue weighted by atomic mass is 32.1.